The SMILES string of the molecule is CCC(C)SCc1nc(NC)c(C)c(-c2ccccc2)n1. The number of nitrogens with zero attached hydrogens (tertiary/aromatic N) is 2. The molecule has 4 heteroatoms. The summed E-state index contributed by atoms with van der Waals surface area (Å²) in [7, 11) is 1.91. The topological polar surface area (TPSA) is 37.8 Å². The Morgan fingerprint density at radius 3 is 2.52 bits per heavy atom. The molecule has 1 aromatic carbocycles. The van der Waals surface area contributed by atoms with Crippen LogP contribution in [0.3, 0.4) is 0 Å². The molecule has 0 spiro atoms. The fourth-order valence-corrected chi connectivity index (χ4v) is 2.88. The Hall–Kier alpha value is -1.55. The van der Waals surface area contributed by atoms with Crippen LogP contribution in [0.5, 0.6) is 0 Å². The molecule has 2 aromatic rings. The normalized spacial score (nSPS) is 12.2. The third-order valence-electron chi connectivity index (χ3n) is 3.55. The van der Waals surface area contributed by atoms with Crippen molar-refractivity contribution in [3.05, 3.63) is 41.7 Å². The van der Waals surface area contributed by atoms with E-state index in [1.807, 2.05) is 37.0 Å². The smallest absolute Gasteiger partial charge is 0.141 e. The predicted octanol–water partition coefficient (Wildman–Crippen LogP) is 4.53. The van der Waals surface area contributed by atoms with Gasteiger partial charge in [-0.05, 0) is 13.3 Å². The van der Waals surface area contributed by atoms with E-state index in [1.165, 1.54) is 6.42 Å². The van der Waals surface area contributed by atoms with Crippen LogP contribution >= 0.6 is 11.8 Å². The van der Waals surface area contributed by atoms with Crippen molar-refractivity contribution >= 4 is 17.6 Å². The number of hydrogen-bond acceptors (Lipinski definition) is 4. The maximum atomic E-state index is 4.79. The summed E-state index contributed by atoms with van der Waals surface area (Å²) >= 11 is 1.91. The predicted molar refractivity (Wildman–Crippen MR) is 92.8 cm³/mol. The first kappa shape index (κ1) is 15.8. The molecule has 2 rings (SSSR count). The average Bonchev–Trinajstić information content (AvgIpc) is 2.54. The first-order chi connectivity index (χ1) is 10.2. The monoisotopic (exact) mass is 301 g/mol. The number of hydrogen-bond donors (Lipinski definition) is 1. The first-order valence-corrected chi connectivity index (χ1v) is 8.42. The summed E-state index contributed by atoms with van der Waals surface area (Å²) in [5.74, 6) is 2.67. The van der Waals surface area contributed by atoms with E-state index in [9.17, 15) is 0 Å². The van der Waals surface area contributed by atoms with Crippen LogP contribution in [0.15, 0.2) is 30.3 Å². The van der Waals surface area contributed by atoms with Crippen molar-refractivity contribution < 1.29 is 0 Å². The maximum absolute atomic E-state index is 4.79. The third kappa shape index (κ3) is 3.97. The van der Waals surface area contributed by atoms with Gasteiger partial charge in [0, 0.05) is 23.4 Å². The summed E-state index contributed by atoms with van der Waals surface area (Å²) in [6, 6.07) is 10.3. The molecule has 0 bridgehead atoms. The number of benzene rings is 1. The molecule has 1 N–H and O–H groups in total. The Labute approximate surface area is 131 Å². The summed E-state index contributed by atoms with van der Waals surface area (Å²) in [5, 5.41) is 3.82. The second-order valence-electron chi connectivity index (χ2n) is 5.11. The van der Waals surface area contributed by atoms with E-state index < -0.39 is 0 Å². The lowest BCUT2D eigenvalue weighted by Crippen LogP contribution is -2.05. The molecule has 0 aliphatic heterocycles. The van der Waals surface area contributed by atoms with E-state index in [4.69, 9.17) is 4.98 Å². The minimum atomic E-state index is 0.633. The Bertz CT molecular complexity index is 584. The number of thioether (sulfide) groups is 1. The van der Waals surface area contributed by atoms with Gasteiger partial charge in [0.05, 0.1) is 11.4 Å². The largest absolute Gasteiger partial charge is 0.373 e. The Morgan fingerprint density at radius 1 is 1.19 bits per heavy atom. The van der Waals surface area contributed by atoms with Crippen LogP contribution in [0.4, 0.5) is 5.82 Å². The molecule has 0 aliphatic rings. The van der Waals surface area contributed by atoms with Crippen LogP contribution in [-0.4, -0.2) is 22.3 Å². The highest BCUT2D eigenvalue weighted by Crippen LogP contribution is 2.27. The van der Waals surface area contributed by atoms with Gasteiger partial charge >= 0.3 is 0 Å². The summed E-state index contributed by atoms with van der Waals surface area (Å²) in [4.78, 5) is 9.43. The highest BCUT2D eigenvalue weighted by Gasteiger charge is 2.12. The number of anilines is 1. The molecule has 0 aliphatic carbocycles. The molecule has 21 heavy (non-hydrogen) atoms. The molecule has 1 unspecified atom stereocenters. The van der Waals surface area contributed by atoms with Crippen molar-refractivity contribution in [2.24, 2.45) is 0 Å². The molecular formula is C17H23N3S. The van der Waals surface area contributed by atoms with Gasteiger partial charge in [-0.1, -0.05) is 44.2 Å². The highest BCUT2D eigenvalue weighted by atomic mass is 32.2. The van der Waals surface area contributed by atoms with Crippen LogP contribution in [-0.2, 0) is 5.75 Å². The van der Waals surface area contributed by atoms with Gasteiger partial charge in [-0.25, -0.2) is 9.97 Å². The molecule has 3 nitrogen and oxygen atoms in total. The van der Waals surface area contributed by atoms with Crippen LogP contribution < -0.4 is 5.32 Å². The van der Waals surface area contributed by atoms with Gasteiger partial charge in [0.25, 0.3) is 0 Å². The molecule has 0 saturated heterocycles. The van der Waals surface area contributed by atoms with Gasteiger partial charge in [0.1, 0.15) is 11.6 Å². The van der Waals surface area contributed by atoms with Crippen molar-refractivity contribution in [1.82, 2.24) is 9.97 Å². The zero-order valence-corrected chi connectivity index (χ0v) is 14.0. The van der Waals surface area contributed by atoms with Crippen LogP contribution in [0.1, 0.15) is 31.7 Å². The lowest BCUT2D eigenvalue weighted by atomic mass is 10.1. The minimum Gasteiger partial charge on any atom is -0.373 e. The average molecular weight is 301 g/mol. The number of aromatic nitrogens is 2. The number of rotatable bonds is 6. The van der Waals surface area contributed by atoms with Crippen LogP contribution in [0.25, 0.3) is 11.3 Å². The fourth-order valence-electron chi connectivity index (χ4n) is 2.08. The second kappa shape index (κ2) is 7.46. The third-order valence-corrected chi connectivity index (χ3v) is 4.88. The van der Waals surface area contributed by atoms with E-state index in [0.29, 0.717) is 5.25 Å². The van der Waals surface area contributed by atoms with Gasteiger partial charge in [-0.3, -0.25) is 0 Å². The molecule has 0 saturated carbocycles. The van der Waals surface area contributed by atoms with Crippen LogP contribution in [0, 0.1) is 6.92 Å². The summed E-state index contributed by atoms with van der Waals surface area (Å²) < 4.78 is 0. The molecule has 1 heterocycles. The minimum absolute atomic E-state index is 0.633. The lowest BCUT2D eigenvalue weighted by molar-refractivity contribution is 0.901. The maximum Gasteiger partial charge on any atom is 0.141 e. The summed E-state index contributed by atoms with van der Waals surface area (Å²) in [6.07, 6.45) is 1.17. The molecule has 1 aromatic heterocycles. The molecule has 0 amide bonds. The van der Waals surface area contributed by atoms with Gasteiger partial charge in [-0.2, -0.15) is 11.8 Å². The molecule has 0 fully saturated rings. The summed E-state index contributed by atoms with van der Waals surface area (Å²) in [6.45, 7) is 6.53. The van der Waals surface area contributed by atoms with E-state index >= 15 is 0 Å². The second-order valence-corrected chi connectivity index (χ2v) is 6.53. The standard InChI is InChI=1S/C17H23N3S/c1-5-12(2)21-11-15-19-16(13(3)17(18-4)20-15)14-9-7-6-8-10-14/h6-10,12H,5,11H2,1-4H3,(H,18,19,20). The molecule has 0 radical (unpaired) electrons. The van der Waals surface area contributed by atoms with Crippen molar-refractivity contribution in [2.75, 3.05) is 12.4 Å². The number of nitrogens with one attached hydrogen (secondary N) is 1. The Morgan fingerprint density at radius 2 is 1.90 bits per heavy atom. The van der Waals surface area contributed by atoms with Gasteiger partial charge in [-0.15, -0.1) is 0 Å². The first-order valence-electron chi connectivity index (χ1n) is 7.38. The van der Waals surface area contributed by atoms with E-state index in [-0.39, 0.29) is 0 Å². The van der Waals surface area contributed by atoms with Crippen molar-refractivity contribution in [3.8, 4) is 11.3 Å². The van der Waals surface area contributed by atoms with Gasteiger partial charge in [0.15, 0.2) is 0 Å². The van der Waals surface area contributed by atoms with Gasteiger partial charge in [0.2, 0.25) is 0 Å². The van der Waals surface area contributed by atoms with E-state index in [0.717, 1.165) is 34.2 Å². The van der Waals surface area contributed by atoms with Crippen molar-refractivity contribution in [1.29, 1.82) is 0 Å². The van der Waals surface area contributed by atoms with Gasteiger partial charge < -0.3 is 5.32 Å². The summed E-state index contributed by atoms with van der Waals surface area (Å²) in [5.41, 5.74) is 3.26. The fraction of sp³-hybridized carbons (Fsp3) is 0.412. The zero-order valence-electron chi connectivity index (χ0n) is 13.2. The zero-order chi connectivity index (χ0) is 15.2. The Balaban J connectivity index is 2.35. The quantitative estimate of drug-likeness (QED) is 0.851. The molecular weight excluding hydrogens is 278 g/mol. The Kier molecular flexibility index (Phi) is 5.62. The lowest BCUT2D eigenvalue weighted by Gasteiger charge is -2.13. The molecule has 112 valence electrons. The van der Waals surface area contributed by atoms with E-state index in [2.05, 4.69) is 43.2 Å². The highest BCUT2D eigenvalue weighted by molar-refractivity contribution is 7.99. The van der Waals surface area contributed by atoms with Crippen molar-refractivity contribution in [3.63, 3.8) is 0 Å². The van der Waals surface area contributed by atoms with E-state index in [1.54, 1.807) is 0 Å². The van der Waals surface area contributed by atoms with Crippen LogP contribution in [0.2, 0.25) is 0 Å². The molecule has 1 atom stereocenters. The van der Waals surface area contributed by atoms with Crippen molar-refractivity contribution in [2.45, 2.75) is 38.2 Å².